The number of benzene rings is 2. The van der Waals surface area contributed by atoms with Gasteiger partial charge in [-0.25, -0.2) is 9.48 Å². The standard InChI is InChI=1S/C17H13ClN2O3/c1-23-12-8-6-11(7-9-12)20-16(17(21)22)10-15(19-20)13-4-2-3-5-14(13)18/h2-10H,1H3,(H,21,22). The fourth-order valence-electron chi connectivity index (χ4n) is 2.25. The van der Waals surface area contributed by atoms with Gasteiger partial charge in [-0.1, -0.05) is 29.8 Å². The van der Waals surface area contributed by atoms with Crippen LogP contribution < -0.4 is 4.74 Å². The molecule has 0 amide bonds. The Bertz CT molecular complexity index is 857. The van der Waals surface area contributed by atoms with E-state index in [1.807, 2.05) is 12.1 Å². The topological polar surface area (TPSA) is 64.4 Å². The minimum atomic E-state index is -1.06. The molecule has 1 aromatic heterocycles. The number of aromatic carboxylic acids is 1. The Kier molecular flexibility index (Phi) is 4.04. The van der Waals surface area contributed by atoms with Gasteiger partial charge in [0.15, 0.2) is 5.69 Å². The van der Waals surface area contributed by atoms with Gasteiger partial charge >= 0.3 is 5.97 Å². The molecule has 0 unspecified atom stereocenters. The van der Waals surface area contributed by atoms with Crippen molar-refractivity contribution in [2.45, 2.75) is 0 Å². The van der Waals surface area contributed by atoms with Crippen LogP contribution in [0, 0.1) is 0 Å². The number of carboxylic acid groups (broad SMARTS) is 1. The van der Waals surface area contributed by atoms with Crippen LogP contribution in [0.2, 0.25) is 5.02 Å². The van der Waals surface area contributed by atoms with Crippen LogP contribution in [0.5, 0.6) is 5.75 Å². The van der Waals surface area contributed by atoms with Crippen molar-refractivity contribution in [1.29, 1.82) is 0 Å². The van der Waals surface area contributed by atoms with E-state index >= 15 is 0 Å². The second-order valence-corrected chi connectivity index (χ2v) is 5.22. The molecule has 0 aliphatic heterocycles. The molecule has 0 saturated heterocycles. The normalized spacial score (nSPS) is 10.5. The summed E-state index contributed by atoms with van der Waals surface area (Å²) in [7, 11) is 1.57. The van der Waals surface area contributed by atoms with Crippen LogP contribution in [0.4, 0.5) is 0 Å². The minimum absolute atomic E-state index is 0.0603. The summed E-state index contributed by atoms with van der Waals surface area (Å²) in [6, 6.07) is 15.7. The largest absolute Gasteiger partial charge is 0.497 e. The van der Waals surface area contributed by atoms with Crippen molar-refractivity contribution in [3.63, 3.8) is 0 Å². The molecular weight excluding hydrogens is 316 g/mol. The Labute approximate surface area is 137 Å². The van der Waals surface area contributed by atoms with E-state index in [1.165, 1.54) is 10.7 Å². The maximum atomic E-state index is 11.5. The van der Waals surface area contributed by atoms with Crippen LogP contribution in [0.3, 0.4) is 0 Å². The second kappa shape index (κ2) is 6.14. The van der Waals surface area contributed by atoms with Gasteiger partial charge in [-0.2, -0.15) is 5.10 Å². The number of ether oxygens (including phenoxy) is 1. The van der Waals surface area contributed by atoms with E-state index in [4.69, 9.17) is 16.3 Å². The van der Waals surface area contributed by atoms with Gasteiger partial charge in [0.25, 0.3) is 0 Å². The molecule has 0 fully saturated rings. The highest BCUT2D eigenvalue weighted by Gasteiger charge is 2.17. The number of rotatable bonds is 4. The molecule has 3 aromatic rings. The van der Waals surface area contributed by atoms with Crippen molar-refractivity contribution in [1.82, 2.24) is 9.78 Å². The first-order valence-electron chi connectivity index (χ1n) is 6.83. The summed E-state index contributed by atoms with van der Waals surface area (Å²) < 4.78 is 6.48. The monoisotopic (exact) mass is 328 g/mol. The quantitative estimate of drug-likeness (QED) is 0.789. The summed E-state index contributed by atoms with van der Waals surface area (Å²) in [4.78, 5) is 11.5. The van der Waals surface area contributed by atoms with Crippen LogP contribution in [0.1, 0.15) is 10.5 Å². The molecule has 0 aliphatic carbocycles. The molecule has 1 N–H and O–H groups in total. The Hall–Kier alpha value is -2.79. The Morgan fingerprint density at radius 2 is 1.87 bits per heavy atom. The van der Waals surface area contributed by atoms with Gasteiger partial charge in [0, 0.05) is 5.56 Å². The molecule has 23 heavy (non-hydrogen) atoms. The smallest absolute Gasteiger partial charge is 0.354 e. The lowest BCUT2D eigenvalue weighted by Crippen LogP contribution is -2.07. The molecule has 0 saturated carbocycles. The third-order valence-corrected chi connectivity index (χ3v) is 3.72. The van der Waals surface area contributed by atoms with E-state index in [1.54, 1.807) is 43.5 Å². The second-order valence-electron chi connectivity index (χ2n) is 4.81. The fraction of sp³-hybridized carbons (Fsp3) is 0.0588. The average Bonchev–Trinajstić information content (AvgIpc) is 3.01. The zero-order valence-corrected chi connectivity index (χ0v) is 13.0. The Morgan fingerprint density at radius 1 is 1.17 bits per heavy atom. The summed E-state index contributed by atoms with van der Waals surface area (Å²) in [5, 5.41) is 14.4. The molecule has 3 rings (SSSR count). The van der Waals surface area contributed by atoms with Crippen molar-refractivity contribution < 1.29 is 14.6 Å². The van der Waals surface area contributed by atoms with Gasteiger partial charge in [-0.3, -0.25) is 0 Å². The molecule has 116 valence electrons. The molecule has 0 spiro atoms. The summed E-state index contributed by atoms with van der Waals surface area (Å²) in [6.45, 7) is 0. The van der Waals surface area contributed by atoms with Gasteiger partial charge in [0.05, 0.1) is 23.5 Å². The molecule has 2 aromatic carbocycles. The Balaban J connectivity index is 2.13. The van der Waals surface area contributed by atoms with Gasteiger partial charge in [0.1, 0.15) is 5.75 Å². The van der Waals surface area contributed by atoms with E-state index in [9.17, 15) is 9.90 Å². The molecule has 0 radical (unpaired) electrons. The molecular formula is C17H13ClN2O3. The fourth-order valence-corrected chi connectivity index (χ4v) is 2.49. The van der Waals surface area contributed by atoms with E-state index in [-0.39, 0.29) is 5.69 Å². The first-order valence-corrected chi connectivity index (χ1v) is 7.20. The summed E-state index contributed by atoms with van der Waals surface area (Å²) in [5.41, 5.74) is 1.87. The maximum Gasteiger partial charge on any atom is 0.354 e. The number of hydrogen-bond donors (Lipinski definition) is 1. The van der Waals surface area contributed by atoms with Gasteiger partial charge < -0.3 is 9.84 Å². The van der Waals surface area contributed by atoms with E-state index in [0.29, 0.717) is 27.7 Å². The zero-order chi connectivity index (χ0) is 16.4. The zero-order valence-electron chi connectivity index (χ0n) is 12.2. The number of nitrogens with zero attached hydrogens (tertiary/aromatic N) is 2. The van der Waals surface area contributed by atoms with Crippen LogP contribution in [-0.4, -0.2) is 28.0 Å². The third kappa shape index (κ3) is 2.91. The SMILES string of the molecule is COc1ccc(-n2nc(-c3ccccc3Cl)cc2C(=O)O)cc1. The van der Waals surface area contributed by atoms with Crippen LogP contribution in [0.15, 0.2) is 54.6 Å². The highest BCUT2D eigenvalue weighted by Crippen LogP contribution is 2.28. The lowest BCUT2D eigenvalue weighted by Gasteiger charge is -2.05. The van der Waals surface area contributed by atoms with E-state index in [0.717, 1.165) is 0 Å². The van der Waals surface area contributed by atoms with Gasteiger partial charge in [-0.05, 0) is 36.4 Å². The summed E-state index contributed by atoms with van der Waals surface area (Å²) >= 11 is 6.17. The maximum absolute atomic E-state index is 11.5. The highest BCUT2D eigenvalue weighted by molar-refractivity contribution is 6.33. The highest BCUT2D eigenvalue weighted by atomic mass is 35.5. The van der Waals surface area contributed by atoms with E-state index < -0.39 is 5.97 Å². The lowest BCUT2D eigenvalue weighted by atomic mass is 10.1. The van der Waals surface area contributed by atoms with E-state index in [2.05, 4.69) is 5.10 Å². The number of carbonyl (C=O) groups is 1. The van der Waals surface area contributed by atoms with Gasteiger partial charge in [-0.15, -0.1) is 0 Å². The van der Waals surface area contributed by atoms with Gasteiger partial charge in [0.2, 0.25) is 0 Å². The average molecular weight is 329 g/mol. The van der Waals surface area contributed by atoms with Crippen LogP contribution in [0.25, 0.3) is 16.9 Å². The number of aromatic nitrogens is 2. The van der Waals surface area contributed by atoms with Crippen molar-refractivity contribution in [3.8, 4) is 22.7 Å². The van der Waals surface area contributed by atoms with Crippen LogP contribution in [-0.2, 0) is 0 Å². The number of carboxylic acids is 1. The lowest BCUT2D eigenvalue weighted by molar-refractivity contribution is 0.0687. The first kappa shape index (κ1) is 15.1. The molecule has 0 aliphatic rings. The molecule has 5 nitrogen and oxygen atoms in total. The minimum Gasteiger partial charge on any atom is -0.497 e. The Morgan fingerprint density at radius 3 is 2.48 bits per heavy atom. The molecule has 6 heteroatoms. The number of halogens is 1. The van der Waals surface area contributed by atoms with Crippen molar-refractivity contribution in [2.75, 3.05) is 7.11 Å². The third-order valence-electron chi connectivity index (χ3n) is 3.40. The first-order chi connectivity index (χ1) is 11.1. The molecule has 1 heterocycles. The number of hydrogen-bond acceptors (Lipinski definition) is 3. The van der Waals surface area contributed by atoms with Crippen LogP contribution >= 0.6 is 11.6 Å². The molecule has 0 bridgehead atoms. The predicted molar refractivity (Wildman–Crippen MR) is 87.5 cm³/mol. The number of methoxy groups -OCH3 is 1. The van der Waals surface area contributed by atoms with Crippen molar-refractivity contribution >= 4 is 17.6 Å². The molecule has 0 atom stereocenters. The predicted octanol–water partition coefficient (Wildman–Crippen LogP) is 3.90. The van der Waals surface area contributed by atoms with Crippen molar-refractivity contribution in [3.05, 3.63) is 65.3 Å². The van der Waals surface area contributed by atoms with Crippen molar-refractivity contribution in [2.24, 2.45) is 0 Å². The summed E-state index contributed by atoms with van der Waals surface area (Å²) in [6.07, 6.45) is 0. The summed E-state index contributed by atoms with van der Waals surface area (Å²) in [5.74, 6) is -0.379.